The maximum atomic E-state index is 7.84. The molecule has 1 aliphatic rings. The second kappa shape index (κ2) is 13.1. The average Bonchev–Trinajstić information content (AvgIpc) is 3.23. The van der Waals surface area contributed by atoms with Gasteiger partial charge in [0.25, 0.3) is 0 Å². The van der Waals surface area contributed by atoms with E-state index in [0.29, 0.717) is 5.69 Å². The van der Waals surface area contributed by atoms with Gasteiger partial charge in [0, 0.05) is 16.7 Å². The van der Waals surface area contributed by atoms with Crippen molar-refractivity contribution >= 4 is 34.5 Å². The average molecular weight is 681 g/mol. The molecule has 3 nitrogen and oxygen atoms in total. The first kappa shape index (κ1) is 31.2. The predicted octanol–water partition coefficient (Wildman–Crippen LogP) is 9.78. The molecule has 0 fully saturated rings. The Morgan fingerprint density at radius 1 is 0.442 bits per heavy atom. The lowest BCUT2D eigenvalue weighted by molar-refractivity contribution is 0.489. The van der Waals surface area contributed by atoms with Crippen LogP contribution < -0.4 is 25.5 Å². The van der Waals surface area contributed by atoms with Crippen molar-refractivity contribution in [2.45, 2.75) is 0 Å². The van der Waals surface area contributed by atoms with Crippen molar-refractivity contribution < 1.29 is 4.74 Å². The summed E-state index contributed by atoms with van der Waals surface area (Å²) in [5, 5.41) is 5.13. The van der Waals surface area contributed by atoms with Crippen LogP contribution in [0, 0.1) is 6.57 Å². The minimum atomic E-state index is -2.77. The van der Waals surface area contributed by atoms with Crippen molar-refractivity contribution in [2.24, 2.45) is 0 Å². The fourth-order valence-electron chi connectivity index (χ4n) is 7.70. The van der Waals surface area contributed by atoms with Crippen LogP contribution >= 0.6 is 0 Å². The maximum Gasteiger partial charge on any atom is 0.196 e. The number of rotatable bonds is 6. The van der Waals surface area contributed by atoms with Crippen LogP contribution in [0.4, 0.5) is 5.69 Å². The summed E-state index contributed by atoms with van der Waals surface area (Å²) in [6, 6.07) is 68.0. The second-order valence-corrected chi connectivity index (χ2v) is 16.7. The molecule has 52 heavy (non-hydrogen) atoms. The molecular formula is C48H32N2OSi. The van der Waals surface area contributed by atoms with Crippen molar-refractivity contribution in [1.82, 2.24) is 4.98 Å². The van der Waals surface area contributed by atoms with Crippen LogP contribution in [-0.4, -0.2) is 13.1 Å². The van der Waals surface area contributed by atoms with Crippen LogP contribution in [0.3, 0.4) is 0 Å². The SMILES string of the molecule is [C-]#[N+]c1ccccc1-c1cc(-c2cccc(-c3cccc4c3Oc3ccccc3[Si]4(c3ccccc3)c3ccccc3)c2)cc(-c2ccccc2)n1. The molecular weight excluding hydrogens is 649 g/mol. The van der Waals surface area contributed by atoms with Crippen LogP contribution in [-0.2, 0) is 0 Å². The first-order valence-electron chi connectivity index (χ1n) is 17.4. The quantitative estimate of drug-likeness (QED) is 0.129. The molecule has 0 N–H and O–H groups in total. The molecule has 2 heterocycles. The van der Waals surface area contributed by atoms with Gasteiger partial charge < -0.3 is 4.74 Å². The van der Waals surface area contributed by atoms with Crippen LogP contribution in [0.1, 0.15) is 0 Å². The lowest BCUT2D eigenvalue weighted by Gasteiger charge is -2.40. The molecule has 0 bridgehead atoms. The summed E-state index contributed by atoms with van der Waals surface area (Å²) in [4.78, 5) is 8.90. The van der Waals surface area contributed by atoms with Crippen molar-refractivity contribution in [3.63, 3.8) is 0 Å². The lowest BCUT2D eigenvalue weighted by atomic mass is 9.96. The number of nitrogens with zero attached hydrogens (tertiary/aromatic N) is 2. The van der Waals surface area contributed by atoms with Gasteiger partial charge in [-0.05, 0) is 61.7 Å². The Labute approximate surface area is 305 Å². The summed E-state index contributed by atoms with van der Waals surface area (Å²) in [7, 11) is -2.77. The van der Waals surface area contributed by atoms with E-state index in [1.165, 1.54) is 20.7 Å². The molecule has 0 saturated heterocycles. The van der Waals surface area contributed by atoms with Crippen molar-refractivity contribution in [3.05, 3.63) is 206 Å². The molecule has 8 aromatic rings. The molecule has 1 aromatic heterocycles. The number of hydrogen-bond donors (Lipinski definition) is 0. The molecule has 1 aliphatic heterocycles. The summed E-state index contributed by atoms with van der Waals surface area (Å²) < 4.78 is 6.98. The molecule has 0 saturated carbocycles. The molecule has 0 amide bonds. The Morgan fingerprint density at radius 2 is 1.00 bits per heavy atom. The Kier molecular flexibility index (Phi) is 7.89. The van der Waals surface area contributed by atoms with Gasteiger partial charge in [-0.1, -0.05) is 170 Å². The fourth-order valence-corrected chi connectivity index (χ4v) is 12.7. The van der Waals surface area contributed by atoms with E-state index in [0.717, 1.165) is 56.3 Å². The van der Waals surface area contributed by atoms with Gasteiger partial charge in [-0.25, -0.2) is 9.83 Å². The molecule has 4 heteroatoms. The van der Waals surface area contributed by atoms with E-state index in [4.69, 9.17) is 16.3 Å². The first-order valence-corrected chi connectivity index (χ1v) is 19.4. The third-order valence-electron chi connectivity index (χ3n) is 10.0. The fraction of sp³-hybridized carbons (Fsp3) is 0. The largest absolute Gasteiger partial charge is 0.457 e. The van der Waals surface area contributed by atoms with E-state index >= 15 is 0 Å². The standard InChI is InChI=1S/C48H32N2OSi/c1-49-42-27-12-11-25-41(42)44-33-37(32-43(50-44)34-17-5-2-6-18-34)35-19-15-20-36(31-35)40-26-16-30-47-48(40)51-45-28-13-14-29-46(45)52(47,38-21-7-3-8-22-38)39-23-9-4-10-24-39/h2-33H. The highest BCUT2D eigenvalue weighted by Crippen LogP contribution is 2.40. The predicted molar refractivity (Wildman–Crippen MR) is 216 cm³/mol. The summed E-state index contributed by atoms with van der Waals surface area (Å²) in [6.07, 6.45) is 0. The Balaban J connectivity index is 1.25. The molecule has 244 valence electrons. The summed E-state index contributed by atoms with van der Waals surface area (Å²) in [5.41, 5.74) is 8.25. The van der Waals surface area contributed by atoms with Gasteiger partial charge >= 0.3 is 0 Å². The molecule has 0 atom stereocenters. The third kappa shape index (κ3) is 5.24. The maximum absolute atomic E-state index is 7.84. The molecule has 0 aliphatic carbocycles. The smallest absolute Gasteiger partial charge is 0.196 e. The van der Waals surface area contributed by atoms with Crippen molar-refractivity contribution in [1.29, 1.82) is 0 Å². The number of aromatic nitrogens is 1. The molecule has 0 radical (unpaired) electrons. The zero-order valence-corrected chi connectivity index (χ0v) is 29.3. The number of fused-ring (bicyclic) bond motifs is 2. The topological polar surface area (TPSA) is 26.5 Å². The van der Waals surface area contributed by atoms with E-state index in [1.54, 1.807) is 0 Å². The van der Waals surface area contributed by atoms with Gasteiger partial charge in [-0.15, -0.1) is 0 Å². The highest BCUT2D eigenvalue weighted by molar-refractivity contribution is 7.20. The molecule has 0 unspecified atom stereocenters. The number of benzene rings is 7. The van der Waals surface area contributed by atoms with Gasteiger partial charge in [0.2, 0.25) is 0 Å². The molecule has 0 spiro atoms. The summed E-state index contributed by atoms with van der Waals surface area (Å²) >= 11 is 0. The Bertz CT molecular complexity index is 2570. The molecule has 7 aromatic carbocycles. The number of hydrogen-bond acceptors (Lipinski definition) is 2. The number of ether oxygens (including phenoxy) is 1. The van der Waals surface area contributed by atoms with E-state index in [9.17, 15) is 0 Å². The first-order chi connectivity index (χ1) is 25.7. The van der Waals surface area contributed by atoms with Gasteiger partial charge in [0.15, 0.2) is 13.8 Å². The van der Waals surface area contributed by atoms with E-state index in [2.05, 4.69) is 157 Å². The minimum Gasteiger partial charge on any atom is -0.457 e. The van der Waals surface area contributed by atoms with Crippen LogP contribution in [0.2, 0.25) is 0 Å². The zero-order chi connectivity index (χ0) is 34.9. The van der Waals surface area contributed by atoms with Gasteiger partial charge in [0.05, 0.1) is 18.0 Å². The molecule has 9 rings (SSSR count). The van der Waals surface area contributed by atoms with Crippen LogP contribution in [0.25, 0.3) is 49.6 Å². The van der Waals surface area contributed by atoms with E-state index in [-0.39, 0.29) is 0 Å². The van der Waals surface area contributed by atoms with E-state index in [1.807, 2.05) is 42.5 Å². The van der Waals surface area contributed by atoms with Gasteiger partial charge in [-0.3, -0.25) is 0 Å². The second-order valence-electron chi connectivity index (χ2n) is 13.0. The summed E-state index contributed by atoms with van der Waals surface area (Å²) in [6.45, 7) is 7.84. The monoisotopic (exact) mass is 680 g/mol. The van der Waals surface area contributed by atoms with E-state index < -0.39 is 8.07 Å². The zero-order valence-electron chi connectivity index (χ0n) is 28.3. The summed E-state index contributed by atoms with van der Waals surface area (Å²) in [5.74, 6) is 1.81. The van der Waals surface area contributed by atoms with Crippen molar-refractivity contribution in [2.75, 3.05) is 0 Å². The third-order valence-corrected chi connectivity index (χ3v) is 14.9. The highest BCUT2D eigenvalue weighted by Gasteiger charge is 2.48. The highest BCUT2D eigenvalue weighted by atomic mass is 28.3. The normalized spacial score (nSPS) is 12.5. The number of para-hydroxylation sites is 3. The van der Waals surface area contributed by atoms with Crippen LogP contribution in [0.15, 0.2) is 194 Å². The minimum absolute atomic E-state index is 0.581. The van der Waals surface area contributed by atoms with Gasteiger partial charge in [-0.2, -0.15) is 0 Å². The van der Waals surface area contributed by atoms with Gasteiger partial charge in [0.1, 0.15) is 11.5 Å². The Morgan fingerprint density at radius 3 is 1.75 bits per heavy atom. The lowest BCUT2D eigenvalue weighted by Crippen LogP contribution is -2.76. The van der Waals surface area contributed by atoms with Crippen molar-refractivity contribution in [3.8, 4) is 56.3 Å². The Hall–Kier alpha value is -6.80. The van der Waals surface area contributed by atoms with Crippen LogP contribution in [0.5, 0.6) is 11.5 Å². The number of pyridine rings is 1.